The minimum absolute atomic E-state index is 0.0741. The van der Waals surface area contributed by atoms with E-state index < -0.39 is 77.4 Å². The van der Waals surface area contributed by atoms with Crippen molar-refractivity contribution in [3.8, 4) is 0 Å². The van der Waals surface area contributed by atoms with E-state index in [1.54, 1.807) is 24.3 Å². The Bertz CT molecular complexity index is 1100. The minimum atomic E-state index is -1.58. The Morgan fingerprint density at radius 3 is 2.58 bits per heavy atom. The fourth-order valence-corrected chi connectivity index (χ4v) is 8.69. The van der Waals surface area contributed by atoms with Crippen molar-refractivity contribution in [2.75, 3.05) is 13.2 Å². The van der Waals surface area contributed by atoms with Crippen LogP contribution in [0.15, 0.2) is 30.3 Å². The number of esters is 1. The summed E-state index contributed by atoms with van der Waals surface area (Å²) in [7, 11) is 0. The Balaban J connectivity index is 1.19. The lowest BCUT2D eigenvalue weighted by atomic mass is 9.26. The lowest BCUT2D eigenvalue weighted by Crippen LogP contribution is -2.98. The highest BCUT2D eigenvalue weighted by molar-refractivity contribution is 5.89. The molecule has 12 atom stereocenters. The third-order valence-corrected chi connectivity index (χ3v) is 10.1. The normalized spacial score (nSPS) is 55.2. The van der Waals surface area contributed by atoms with Crippen LogP contribution in [-0.2, 0) is 23.7 Å². The van der Waals surface area contributed by atoms with E-state index >= 15 is 0 Å². The summed E-state index contributed by atoms with van der Waals surface area (Å²) in [5, 5.41) is 52.2. The fraction of sp³-hybridized carbons (Fsp3) is 0.720. The fourth-order valence-electron chi connectivity index (χ4n) is 8.69. The first-order valence-electron chi connectivity index (χ1n) is 12.4. The first-order valence-corrected chi connectivity index (χ1v) is 12.4. The van der Waals surface area contributed by atoms with Gasteiger partial charge in [-0.25, -0.2) is 4.79 Å². The van der Waals surface area contributed by atoms with E-state index in [2.05, 4.69) is 0 Å². The molecule has 0 aromatic heterocycles. The van der Waals surface area contributed by atoms with Crippen molar-refractivity contribution in [2.24, 2.45) is 16.7 Å². The van der Waals surface area contributed by atoms with Crippen LogP contribution < -0.4 is 0 Å². The van der Waals surface area contributed by atoms with Crippen molar-refractivity contribution >= 4 is 5.97 Å². The van der Waals surface area contributed by atoms with Gasteiger partial charge < -0.3 is 49.2 Å². The Labute approximate surface area is 206 Å². The van der Waals surface area contributed by atoms with E-state index in [0.717, 1.165) is 0 Å². The molecule has 0 amide bonds. The first-order chi connectivity index (χ1) is 17.1. The van der Waals surface area contributed by atoms with Crippen molar-refractivity contribution in [1.29, 1.82) is 0 Å². The topological polar surface area (TPSA) is 164 Å². The molecule has 11 nitrogen and oxygen atoms in total. The molecule has 1 spiro atoms. The Hall–Kier alpha value is -1.67. The molecule has 1 aromatic rings. The number of aliphatic hydroxyl groups is 5. The lowest BCUT2D eigenvalue weighted by Gasteiger charge is -2.88. The predicted molar refractivity (Wildman–Crippen MR) is 116 cm³/mol. The molecule has 3 saturated heterocycles. The molecular formula is C25H30O11. The molecule has 0 radical (unpaired) electrons. The first kappa shape index (κ1) is 23.4. The molecule has 7 rings (SSSR count). The number of fused-ring (bicyclic) bond motifs is 3. The maximum Gasteiger partial charge on any atom is 0.338 e. The number of carbonyl (C=O) groups is 1. The monoisotopic (exact) mass is 506 g/mol. The van der Waals surface area contributed by atoms with Crippen LogP contribution in [-0.4, -0.2) is 98.7 Å². The number of hydrogen-bond donors (Lipinski definition) is 5. The van der Waals surface area contributed by atoms with Gasteiger partial charge in [0, 0.05) is 11.3 Å². The Morgan fingerprint density at radius 1 is 1.11 bits per heavy atom. The quantitative estimate of drug-likeness (QED) is 0.289. The van der Waals surface area contributed by atoms with Gasteiger partial charge in [0.15, 0.2) is 18.4 Å². The van der Waals surface area contributed by atoms with Gasteiger partial charge in [-0.2, -0.15) is 0 Å². The molecule has 5 N–H and O–H groups in total. The van der Waals surface area contributed by atoms with Crippen LogP contribution in [0.2, 0.25) is 0 Å². The summed E-state index contributed by atoms with van der Waals surface area (Å²) in [6.07, 6.45) is -6.60. The highest BCUT2D eigenvalue weighted by Crippen LogP contribution is 2.97. The van der Waals surface area contributed by atoms with E-state index in [-0.39, 0.29) is 12.5 Å². The molecule has 3 heterocycles. The number of benzene rings is 1. The van der Waals surface area contributed by atoms with Crippen LogP contribution in [0.25, 0.3) is 0 Å². The molecule has 3 aliphatic heterocycles. The summed E-state index contributed by atoms with van der Waals surface area (Å²) in [6, 6.07) is 8.66. The number of rotatable bonds is 7. The van der Waals surface area contributed by atoms with Crippen LogP contribution in [0.1, 0.15) is 36.5 Å². The number of hydrogen-bond acceptors (Lipinski definition) is 11. The van der Waals surface area contributed by atoms with Crippen LogP contribution in [0.3, 0.4) is 0 Å². The van der Waals surface area contributed by atoms with Gasteiger partial charge in [0.2, 0.25) is 0 Å². The van der Waals surface area contributed by atoms with Crippen molar-refractivity contribution < 1.29 is 54.0 Å². The molecule has 9 unspecified atom stereocenters. The number of carbonyl (C=O) groups excluding carboxylic acids is 1. The second-order valence-corrected chi connectivity index (χ2v) is 11.3. The van der Waals surface area contributed by atoms with Crippen molar-refractivity contribution in [3.05, 3.63) is 35.9 Å². The van der Waals surface area contributed by atoms with E-state index in [1.165, 1.54) is 0 Å². The van der Waals surface area contributed by atoms with E-state index in [1.807, 2.05) is 13.0 Å². The molecule has 1 aromatic carbocycles. The van der Waals surface area contributed by atoms with Crippen LogP contribution >= 0.6 is 0 Å². The van der Waals surface area contributed by atoms with Gasteiger partial charge in [-0.1, -0.05) is 18.2 Å². The molecule has 6 aliphatic rings. The second kappa shape index (κ2) is 7.04. The molecule has 11 heteroatoms. The lowest BCUT2D eigenvalue weighted by molar-refractivity contribution is -0.637. The van der Waals surface area contributed by atoms with Gasteiger partial charge in [0.25, 0.3) is 0 Å². The van der Waals surface area contributed by atoms with Gasteiger partial charge in [0.05, 0.1) is 29.8 Å². The summed E-state index contributed by atoms with van der Waals surface area (Å²) < 4.78 is 29.8. The standard InChI is InChI=1S/C25H30O11/c1-21-11-23-20(35-21)36-25(23,31)14-9-24(21,34-19-17(29)16(28)15(27)13(10-26)33-19)22(14,23)7-8-32-18(30)12-5-3-2-4-6-12/h2-6,13-17,19-20,26-29,31H,7-11H2,1H3/t13?,14?,15?,16?,17?,19?,20?,21-,22-,23?,24?,25-/m0/s1. The van der Waals surface area contributed by atoms with Crippen molar-refractivity contribution in [1.82, 2.24) is 0 Å². The molecule has 3 aliphatic carbocycles. The van der Waals surface area contributed by atoms with E-state index in [0.29, 0.717) is 24.8 Å². The Kier molecular flexibility index (Phi) is 4.59. The molecule has 2 bridgehead atoms. The van der Waals surface area contributed by atoms with Gasteiger partial charge in [-0.05, 0) is 38.3 Å². The average molecular weight is 507 g/mol. The van der Waals surface area contributed by atoms with E-state index in [9.17, 15) is 30.3 Å². The molecular weight excluding hydrogens is 476 g/mol. The average Bonchev–Trinajstić information content (AvgIpc) is 3.18. The van der Waals surface area contributed by atoms with E-state index in [4.69, 9.17) is 23.7 Å². The van der Waals surface area contributed by atoms with Crippen molar-refractivity contribution in [2.45, 2.75) is 80.2 Å². The summed E-state index contributed by atoms with van der Waals surface area (Å²) in [5.74, 6) is -2.12. The summed E-state index contributed by atoms with van der Waals surface area (Å²) in [6.45, 7) is 1.37. The van der Waals surface area contributed by atoms with Gasteiger partial charge in [-0.15, -0.1) is 0 Å². The maximum atomic E-state index is 12.6. The van der Waals surface area contributed by atoms with Gasteiger partial charge >= 0.3 is 5.97 Å². The highest BCUT2D eigenvalue weighted by atomic mass is 16.8. The predicted octanol–water partition coefficient (Wildman–Crippen LogP) is -0.967. The largest absolute Gasteiger partial charge is 0.462 e. The number of aliphatic hydroxyl groups excluding tert-OH is 4. The molecule has 3 saturated carbocycles. The summed E-state index contributed by atoms with van der Waals surface area (Å²) in [4.78, 5) is 12.6. The molecule has 36 heavy (non-hydrogen) atoms. The maximum absolute atomic E-state index is 12.6. The molecule has 6 fully saturated rings. The number of ether oxygens (including phenoxy) is 5. The third kappa shape index (κ3) is 2.23. The summed E-state index contributed by atoms with van der Waals surface area (Å²) in [5.41, 5.74) is -2.95. The third-order valence-electron chi connectivity index (χ3n) is 10.1. The zero-order valence-electron chi connectivity index (χ0n) is 19.6. The van der Waals surface area contributed by atoms with Crippen molar-refractivity contribution in [3.63, 3.8) is 0 Å². The van der Waals surface area contributed by atoms with Gasteiger partial charge in [0.1, 0.15) is 30.0 Å². The minimum Gasteiger partial charge on any atom is -0.462 e. The SMILES string of the molecule is C[C@]12CC34C(O[C@@]3(O)C3CC1(OC1OC(CO)C(O)C(O)C1O)[C@@]34CCOC(=O)c1ccccc1)O2. The Morgan fingerprint density at radius 2 is 1.86 bits per heavy atom. The zero-order chi connectivity index (χ0) is 25.3. The summed E-state index contributed by atoms with van der Waals surface area (Å²) >= 11 is 0. The van der Waals surface area contributed by atoms with Gasteiger partial charge in [-0.3, -0.25) is 0 Å². The highest BCUT2D eigenvalue weighted by Gasteiger charge is 3.08. The molecule has 196 valence electrons. The second-order valence-electron chi connectivity index (χ2n) is 11.3. The van der Waals surface area contributed by atoms with Crippen LogP contribution in [0, 0.1) is 16.7 Å². The van der Waals surface area contributed by atoms with Crippen LogP contribution in [0.5, 0.6) is 0 Å². The zero-order valence-corrected chi connectivity index (χ0v) is 19.6. The smallest absolute Gasteiger partial charge is 0.338 e. The van der Waals surface area contributed by atoms with Crippen LogP contribution in [0.4, 0.5) is 0 Å².